The Kier molecular flexibility index (Phi) is 2.19. The number of Topliss-reactive ketones (excluding diaryl/α,β-unsaturated/α-hetero) is 1. The van der Waals surface area contributed by atoms with Crippen LogP contribution in [0.25, 0.3) is 0 Å². The van der Waals surface area contributed by atoms with E-state index in [1.54, 1.807) is 0 Å². The van der Waals surface area contributed by atoms with Gasteiger partial charge in [-0.3, -0.25) is 4.79 Å². The summed E-state index contributed by atoms with van der Waals surface area (Å²) in [4.78, 5) is 11.6. The van der Waals surface area contributed by atoms with Crippen molar-refractivity contribution in [2.45, 2.75) is 19.4 Å². The molecule has 1 aromatic carbocycles. The maximum Gasteiger partial charge on any atom is 0.207 e. The maximum absolute atomic E-state index is 13.4. The van der Waals surface area contributed by atoms with Crippen molar-refractivity contribution in [3.63, 3.8) is 0 Å². The molecule has 1 heterocycles. The second-order valence-electron chi connectivity index (χ2n) is 3.12. The highest BCUT2D eigenvalue weighted by Gasteiger charge is 2.33. The molecule has 2 rings (SSSR count). The summed E-state index contributed by atoms with van der Waals surface area (Å²) in [6, 6.07) is 2.87. The number of carbonyl (C=O) groups is 1. The van der Waals surface area contributed by atoms with Crippen LogP contribution in [0.3, 0.4) is 0 Å². The Bertz CT molecular complexity index is 403. The Morgan fingerprint density at radius 1 is 1.57 bits per heavy atom. The lowest BCUT2D eigenvalue weighted by Gasteiger charge is -2.05. The fourth-order valence-electron chi connectivity index (χ4n) is 1.48. The Hall–Kier alpha value is -1.09. The van der Waals surface area contributed by atoms with Crippen LogP contribution in [0.1, 0.15) is 23.7 Å². The van der Waals surface area contributed by atoms with Crippen LogP contribution in [0.2, 0.25) is 5.02 Å². The first-order chi connectivity index (χ1) is 6.65. The summed E-state index contributed by atoms with van der Waals surface area (Å²) in [6.45, 7) is 1.81. The zero-order valence-corrected chi connectivity index (χ0v) is 8.27. The Balaban J connectivity index is 2.53. The number of carbonyl (C=O) groups excluding carboxylic acids is 1. The van der Waals surface area contributed by atoms with Crippen LogP contribution in [0.4, 0.5) is 4.39 Å². The number of ether oxygens (including phenoxy) is 1. The van der Waals surface area contributed by atoms with Gasteiger partial charge in [-0.2, -0.15) is 0 Å². The van der Waals surface area contributed by atoms with Crippen molar-refractivity contribution in [2.75, 3.05) is 0 Å². The van der Waals surface area contributed by atoms with Gasteiger partial charge in [-0.1, -0.05) is 18.5 Å². The van der Waals surface area contributed by atoms with E-state index in [1.165, 1.54) is 12.1 Å². The fraction of sp³-hybridized carbons (Fsp3) is 0.300. The predicted octanol–water partition coefficient (Wildman–Crippen LogP) is 2.83. The molecule has 0 N–H and O–H groups in total. The van der Waals surface area contributed by atoms with Crippen molar-refractivity contribution in [2.24, 2.45) is 0 Å². The first-order valence-electron chi connectivity index (χ1n) is 4.34. The molecule has 1 aliphatic rings. The lowest BCUT2D eigenvalue weighted by Crippen LogP contribution is -2.18. The third kappa shape index (κ3) is 1.20. The van der Waals surface area contributed by atoms with Gasteiger partial charge in [-0.25, -0.2) is 4.39 Å². The van der Waals surface area contributed by atoms with Crippen LogP contribution in [0.5, 0.6) is 5.75 Å². The molecule has 1 unspecified atom stereocenters. The zero-order valence-electron chi connectivity index (χ0n) is 7.51. The molecule has 0 bridgehead atoms. The zero-order chi connectivity index (χ0) is 10.3. The highest BCUT2D eigenvalue weighted by atomic mass is 35.5. The molecule has 0 spiro atoms. The molecular formula is C10H8ClFO2. The quantitative estimate of drug-likeness (QED) is 0.719. The molecule has 0 amide bonds. The maximum atomic E-state index is 13.4. The predicted molar refractivity (Wildman–Crippen MR) is 50.4 cm³/mol. The third-order valence-corrected chi connectivity index (χ3v) is 2.53. The van der Waals surface area contributed by atoms with E-state index >= 15 is 0 Å². The topological polar surface area (TPSA) is 26.3 Å². The van der Waals surface area contributed by atoms with E-state index in [-0.39, 0.29) is 16.6 Å². The number of hydrogen-bond donors (Lipinski definition) is 0. The average Bonchev–Trinajstić information content (AvgIpc) is 2.50. The minimum atomic E-state index is -0.645. The summed E-state index contributed by atoms with van der Waals surface area (Å²) in [5.74, 6) is -0.819. The van der Waals surface area contributed by atoms with Crippen molar-refractivity contribution in [1.29, 1.82) is 0 Å². The molecule has 0 saturated carbocycles. The van der Waals surface area contributed by atoms with Gasteiger partial charge in [-0.15, -0.1) is 0 Å². The molecule has 0 aliphatic carbocycles. The van der Waals surface area contributed by atoms with Crippen molar-refractivity contribution in [3.05, 3.63) is 28.5 Å². The minimum absolute atomic E-state index is 0.00523. The Morgan fingerprint density at radius 3 is 2.93 bits per heavy atom. The van der Waals surface area contributed by atoms with E-state index in [4.69, 9.17) is 16.3 Å². The largest absolute Gasteiger partial charge is 0.478 e. The molecule has 0 fully saturated rings. The minimum Gasteiger partial charge on any atom is -0.478 e. The average molecular weight is 215 g/mol. The van der Waals surface area contributed by atoms with Gasteiger partial charge in [0.1, 0.15) is 0 Å². The van der Waals surface area contributed by atoms with Gasteiger partial charge in [0.15, 0.2) is 17.7 Å². The molecule has 1 atom stereocenters. The van der Waals surface area contributed by atoms with E-state index in [1.807, 2.05) is 6.92 Å². The summed E-state index contributed by atoms with van der Waals surface area (Å²) in [5.41, 5.74) is 0.291. The van der Waals surface area contributed by atoms with Crippen LogP contribution in [0.15, 0.2) is 12.1 Å². The number of benzene rings is 1. The van der Waals surface area contributed by atoms with E-state index in [9.17, 15) is 9.18 Å². The van der Waals surface area contributed by atoms with Crippen LogP contribution in [-0.4, -0.2) is 11.9 Å². The summed E-state index contributed by atoms with van der Waals surface area (Å²) >= 11 is 5.56. The molecule has 1 aliphatic heterocycles. The van der Waals surface area contributed by atoms with Crippen molar-refractivity contribution < 1.29 is 13.9 Å². The highest BCUT2D eigenvalue weighted by Crippen LogP contribution is 2.35. The van der Waals surface area contributed by atoms with Crippen LogP contribution in [-0.2, 0) is 0 Å². The molecular weight excluding hydrogens is 207 g/mol. The molecule has 0 saturated heterocycles. The van der Waals surface area contributed by atoms with Gasteiger partial charge >= 0.3 is 0 Å². The van der Waals surface area contributed by atoms with Gasteiger partial charge in [0.2, 0.25) is 5.78 Å². The first-order valence-corrected chi connectivity index (χ1v) is 4.71. The smallest absolute Gasteiger partial charge is 0.207 e. The second-order valence-corrected chi connectivity index (χ2v) is 3.52. The number of hydrogen-bond acceptors (Lipinski definition) is 2. The number of halogens is 2. The van der Waals surface area contributed by atoms with Crippen LogP contribution < -0.4 is 4.74 Å². The van der Waals surface area contributed by atoms with Gasteiger partial charge in [0, 0.05) is 0 Å². The molecule has 0 aromatic heterocycles. The molecule has 4 heteroatoms. The Morgan fingerprint density at radius 2 is 2.29 bits per heavy atom. The standard InChI is InChI=1S/C10H8ClFO2/c1-2-7-9(13)5-3-4-6(11)8(12)10(5)14-7/h3-4,7H,2H2,1H3. The van der Waals surface area contributed by atoms with Crippen molar-refractivity contribution in [3.8, 4) is 5.75 Å². The lowest BCUT2D eigenvalue weighted by molar-refractivity contribution is 0.0850. The van der Waals surface area contributed by atoms with Gasteiger partial charge in [0.05, 0.1) is 10.6 Å². The van der Waals surface area contributed by atoms with Gasteiger partial charge < -0.3 is 4.74 Å². The number of ketones is 1. The van der Waals surface area contributed by atoms with Crippen LogP contribution >= 0.6 is 11.6 Å². The first kappa shape index (κ1) is 9.46. The summed E-state index contributed by atoms with van der Waals surface area (Å²) in [5, 5.41) is -0.0201. The normalized spacial score (nSPS) is 19.4. The SMILES string of the molecule is CCC1Oc2c(ccc(Cl)c2F)C1=O. The number of fused-ring (bicyclic) bond motifs is 1. The summed E-state index contributed by atoms with van der Waals surface area (Å²) < 4.78 is 18.5. The number of rotatable bonds is 1. The Labute approximate surface area is 85.6 Å². The molecule has 74 valence electrons. The summed E-state index contributed by atoms with van der Waals surface area (Å²) in [6.07, 6.45) is -0.0251. The van der Waals surface area contributed by atoms with Gasteiger partial charge in [0.25, 0.3) is 0 Å². The van der Waals surface area contributed by atoms with E-state index in [0.717, 1.165) is 0 Å². The second kappa shape index (κ2) is 3.24. The van der Waals surface area contributed by atoms with Crippen molar-refractivity contribution in [1.82, 2.24) is 0 Å². The van der Waals surface area contributed by atoms with Gasteiger partial charge in [-0.05, 0) is 18.6 Å². The fourth-order valence-corrected chi connectivity index (χ4v) is 1.63. The summed E-state index contributed by atoms with van der Waals surface area (Å²) in [7, 11) is 0. The molecule has 1 aromatic rings. The highest BCUT2D eigenvalue weighted by molar-refractivity contribution is 6.31. The monoisotopic (exact) mass is 214 g/mol. The van der Waals surface area contributed by atoms with E-state index in [0.29, 0.717) is 12.0 Å². The van der Waals surface area contributed by atoms with Crippen molar-refractivity contribution >= 4 is 17.4 Å². The van der Waals surface area contributed by atoms with E-state index < -0.39 is 11.9 Å². The molecule has 0 radical (unpaired) electrons. The van der Waals surface area contributed by atoms with Crippen LogP contribution in [0, 0.1) is 5.82 Å². The molecule has 2 nitrogen and oxygen atoms in total. The lowest BCUT2D eigenvalue weighted by atomic mass is 10.1. The van der Waals surface area contributed by atoms with E-state index in [2.05, 4.69) is 0 Å². The molecule has 14 heavy (non-hydrogen) atoms. The third-order valence-electron chi connectivity index (χ3n) is 2.24.